The molecule has 18 heavy (non-hydrogen) atoms. The summed E-state index contributed by atoms with van der Waals surface area (Å²) in [5.74, 6) is 1.95. The van der Waals surface area contributed by atoms with Gasteiger partial charge in [-0.05, 0) is 44.5 Å². The summed E-state index contributed by atoms with van der Waals surface area (Å²) in [6.45, 7) is 7.26. The molecule has 1 N–H and O–H groups in total. The van der Waals surface area contributed by atoms with Gasteiger partial charge in [0.1, 0.15) is 11.5 Å². The highest BCUT2D eigenvalue weighted by atomic mass is 16.3. The second-order valence-corrected chi connectivity index (χ2v) is 4.75. The summed E-state index contributed by atoms with van der Waals surface area (Å²) in [4.78, 5) is 0. The van der Waals surface area contributed by atoms with E-state index in [1.54, 1.807) is 0 Å². The van der Waals surface area contributed by atoms with Crippen molar-refractivity contribution in [1.82, 2.24) is 5.32 Å². The van der Waals surface area contributed by atoms with Gasteiger partial charge in [0.15, 0.2) is 0 Å². The van der Waals surface area contributed by atoms with Crippen LogP contribution in [0.3, 0.4) is 0 Å². The van der Waals surface area contributed by atoms with E-state index in [-0.39, 0.29) is 6.04 Å². The number of hydrogen-bond acceptors (Lipinski definition) is 2. The Labute approximate surface area is 109 Å². The van der Waals surface area contributed by atoms with Crippen LogP contribution < -0.4 is 5.32 Å². The third-order valence-electron chi connectivity index (χ3n) is 3.02. The fourth-order valence-corrected chi connectivity index (χ4v) is 2.13. The first-order chi connectivity index (χ1) is 8.70. The van der Waals surface area contributed by atoms with Crippen molar-refractivity contribution in [3.63, 3.8) is 0 Å². The summed E-state index contributed by atoms with van der Waals surface area (Å²) in [6, 6.07) is 12.8. The number of benzene rings is 1. The molecule has 0 amide bonds. The summed E-state index contributed by atoms with van der Waals surface area (Å²) in [5, 5.41) is 3.55. The predicted molar refractivity (Wildman–Crippen MR) is 74.8 cm³/mol. The Morgan fingerprint density at radius 2 is 2.00 bits per heavy atom. The number of aryl methyl sites for hydroxylation is 2. The topological polar surface area (TPSA) is 25.2 Å². The molecule has 1 aromatic heterocycles. The number of furan rings is 1. The molecule has 1 atom stereocenters. The molecule has 0 aliphatic heterocycles. The molecule has 2 rings (SSSR count). The number of rotatable bonds is 5. The van der Waals surface area contributed by atoms with Gasteiger partial charge < -0.3 is 9.73 Å². The zero-order valence-electron chi connectivity index (χ0n) is 11.4. The van der Waals surface area contributed by atoms with Gasteiger partial charge in [-0.25, -0.2) is 0 Å². The molecule has 96 valence electrons. The van der Waals surface area contributed by atoms with Crippen molar-refractivity contribution in [3.05, 3.63) is 59.0 Å². The van der Waals surface area contributed by atoms with Gasteiger partial charge in [-0.15, -0.1) is 0 Å². The normalized spacial score (nSPS) is 12.6. The van der Waals surface area contributed by atoms with Crippen molar-refractivity contribution >= 4 is 0 Å². The van der Waals surface area contributed by atoms with Crippen molar-refractivity contribution < 1.29 is 4.42 Å². The highest BCUT2D eigenvalue weighted by Gasteiger charge is 2.16. The first-order valence-corrected chi connectivity index (χ1v) is 6.57. The Balaban J connectivity index is 2.30. The lowest BCUT2D eigenvalue weighted by molar-refractivity contribution is 0.430. The summed E-state index contributed by atoms with van der Waals surface area (Å²) < 4.78 is 5.77. The molecule has 0 fully saturated rings. The molecule has 1 aromatic carbocycles. The van der Waals surface area contributed by atoms with Crippen LogP contribution in [0.25, 0.3) is 0 Å². The monoisotopic (exact) mass is 243 g/mol. The van der Waals surface area contributed by atoms with E-state index in [0.717, 1.165) is 24.5 Å². The second-order valence-electron chi connectivity index (χ2n) is 4.75. The van der Waals surface area contributed by atoms with Gasteiger partial charge in [-0.2, -0.15) is 0 Å². The van der Waals surface area contributed by atoms with Crippen molar-refractivity contribution in [2.75, 3.05) is 6.54 Å². The van der Waals surface area contributed by atoms with E-state index in [2.05, 4.69) is 49.5 Å². The lowest BCUT2D eigenvalue weighted by Crippen LogP contribution is -2.22. The zero-order valence-corrected chi connectivity index (χ0v) is 11.4. The smallest absolute Gasteiger partial charge is 0.125 e. The molecule has 0 bridgehead atoms. The van der Waals surface area contributed by atoms with Gasteiger partial charge >= 0.3 is 0 Å². The highest BCUT2D eigenvalue weighted by Crippen LogP contribution is 2.24. The first kappa shape index (κ1) is 12.9. The zero-order chi connectivity index (χ0) is 13.0. The van der Waals surface area contributed by atoms with Gasteiger partial charge in [-0.3, -0.25) is 0 Å². The minimum atomic E-state index is 0.151. The Hall–Kier alpha value is -1.54. The van der Waals surface area contributed by atoms with Crippen molar-refractivity contribution in [3.8, 4) is 0 Å². The minimum absolute atomic E-state index is 0.151. The molecule has 0 aliphatic rings. The molecule has 1 unspecified atom stereocenters. The fraction of sp³-hybridized carbons (Fsp3) is 0.375. The van der Waals surface area contributed by atoms with E-state index < -0.39 is 0 Å². The summed E-state index contributed by atoms with van der Waals surface area (Å²) in [7, 11) is 0. The third-order valence-corrected chi connectivity index (χ3v) is 3.02. The number of hydrogen-bond donors (Lipinski definition) is 1. The fourth-order valence-electron chi connectivity index (χ4n) is 2.13. The summed E-state index contributed by atoms with van der Waals surface area (Å²) in [6.07, 6.45) is 1.11. The molecule has 0 radical (unpaired) electrons. The van der Waals surface area contributed by atoms with Gasteiger partial charge in [0, 0.05) is 0 Å². The predicted octanol–water partition coefficient (Wildman–Crippen LogP) is 3.99. The molecule has 0 saturated heterocycles. The maximum atomic E-state index is 5.77. The maximum Gasteiger partial charge on any atom is 0.125 e. The molecule has 2 heteroatoms. The molecule has 2 aromatic rings. The molecule has 1 heterocycles. The van der Waals surface area contributed by atoms with Crippen LogP contribution in [-0.4, -0.2) is 6.54 Å². The van der Waals surface area contributed by atoms with Crippen LogP contribution in [0.5, 0.6) is 0 Å². The molecule has 0 aliphatic carbocycles. The van der Waals surface area contributed by atoms with E-state index in [1.165, 1.54) is 11.1 Å². The Bertz CT molecular complexity index is 501. The van der Waals surface area contributed by atoms with Crippen LogP contribution in [0.15, 0.2) is 40.8 Å². The average Bonchev–Trinajstić information content (AvgIpc) is 2.76. The highest BCUT2D eigenvalue weighted by molar-refractivity contribution is 5.30. The molecule has 2 nitrogen and oxygen atoms in total. The van der Waals surface area contributed by atoms with Gasteiger partial charge in [0.2, 0.25) is 0 Å². The maximum absolute atomic E-state index is 5.77. The largest absolute Gasteiger partial charge is 0.464 e. The summed E-state index contributed by atoms with van der Waals surface area (Å²) in [5.41, 5.74) is 2.54. The second kappa shape index (κ2) is 5.87. The van der Waals surface area contributed by atoms with E-state index in [0.29, 0.717) is 0 Å². The molecule has 0 spiro atoms. The van der Waals surface area contributed by atoms with Gasteiger partial charge in [0.05, 0.1) is 6.04 Å². The molecular formula is C16H21NO. The Morgan fingerprint density at radius 1 is 1.17 bits per heavy atom. The Morgan fingerprint density at radius 3 is 2.61 bits per heavy atom. The van der Waals surface area contributed by atoms with Crippen molar-refractivity contribution in [2.24, 2.45) is 0 Å². The minimum Gasteiger partial charge on any atom is -0.464 e. The molecular weight excluding hydrogens is 222 g/mol. The van der Waals surface area contributed by atoms with E-state index in [9.17, 15) is 0 Å². The van der Waals surface area contributed by atoms with Gasteiger partial charge in [0.25, 0.3) is 0 Å². The van der Waals surface area contributed by atoms with Crippen LogP contribution in [-0.2, 0) is 0 Å². The van der Waals surface area contributed by atoms with Crippen LogP contribution in [0, 0.1) is 13.8 Å². The standard InChI is InChI=1S/C16H21NO/c1-4-10-17-16(15-9-8-13(3)18-15)14-7-5-6-12(2)11-14/h5-9,11,16-17H,4,10H2,1-3H3. The third kappa shape index (κ3) is 3.02. The van der Waals surface area contributed by atoms with Crippen LogP contribution >= 0.6 is 0 Å². The number of nitrogens with one attached hydrogen (secondary N) is 1. The van der Waals surface area contributed by atoms with E-state index >= 15 is 0 Å². The SMILES string of the molecule is CCCNC(c1cccc(C)c1)c1ccc(C)o1. The lowest BCUT2D eigenvalue weighted by Gasteiger charge is -2.17. The van der Waals surface area contributed by atoms with E-state index in [1.807, 2.05) is 13.0 Å². The van der Waals surface area contributed by atoms with Crippen LogP contribution in [0.2, 0.25) is 0 Å². The Kier molecular flexibility index (Phi) is 4.21. The lowest BCUT2D eigenvalue weighted by atomic mass is 10.0. The quantitative estimate of drug-likeness (QED) is 0.859. The summed E-state index contributed by atoms with van der Waals surface area (Å²) >= 11 is 0. The first-order valence-electron chi connectivity index (χ1n) is 6.57. The van der Waals surface area contributed by atoms with Gasteiger partial charge in [-0.1, -0.05) is 36.8 Å². The van der Waals surface area contributed by atoms with Crippen molar-refractivity contribution in [1.29, 1.82) is 0 Å². The average molecular weight is 243 g/mol. The van der Waals surface area contributed by atoms with E-state index in [4.69, 9.17) is 4.42 Å². The van der Waals surface area contributed by atoms with Crippen molar-refractivity contribution in [2.45, 2.75) is 33.2 Å². The van der Waals surface area contributed by atoms with Crippen LogP contribution in [0.4, 0.5) is 0 Å². The molecule has 0 saturated carbocycles. The van der Waals surface area contributed by atoms with Crippen LogP contribution in [0.1, 0.15) is 42.0 Å².